The molecule has 0 saturated heterocycles. The van der Waals surface area contributed by atoms with Gasteiger partial charge in [0, 0.05) is 30.4 Å². The van der Waals surface area contributed by atoms with Gasteiger partial charge in [0.15, 0.2) is 5.75 Å². The van der Waals surface area contributed by atoms with Crippen LogP contribution >= 0.6 is 0 Å². The summed E-state index contributed by atoms with van der Waals surface area (Å²) in [6.45, 7) is 2.43. The number of halogens is 1. The van der Waals surface area contributed by atoms with E-state index < -0.39 is 4.92 Å². The fourth-order valence-electron chi connectivity index (χ4n) is 3.07. The topological polar surface area (TPSA) is 84.7 Å². The van der Waals surface area contributed by atoms with Gasteiger partial charge < -0.3 is 10.1 Å². The highest BCUT2D eigenvalue weighted by atomic mass is 19.1. The molecule has 3 rings (SSSR count). The number of rotatable bonds is 8. The summed E-state index contributed by atoms with van der Waals surface area (Å²) >= 11 is 0. The molecule has 2 aromatic carbocycles. The van der Waals surface area contributed by atoms with Gasteiger partial charge in [0.05, 0.1) is 18.6 Å². The number of benzene rings is 2. The fraction of sp³-hybridized carbons (Fsp3) is 0.350. The molecule has 148 valence electrons. The lowest BCUT2D eigenvalue weighted by Crippen LogP contribution is -2.34. The largest absolute Gasteiger partial charge is 0.490 e. The molecule has 1 saturated carbocycles. The van der Waals surface area contributed by atoms with Gasteiger partial charge in [-0.05, 0) is 43.0 Å². The lowest BCUT2D eigenvalue weighted by molar-refractivity contribution is -0.385. The molecule has 0 spiro atoms. The average molecular weight is 387 g/mol. The van der Waals surface area contributed by atoms with Gasteiger partial charge >= 0.3 is 5.69 Å². The zero-order valence-corrected chi connectivity index (χ0v) is 15.8. The summed E-state index contributed by atoms with van der Waals surface area (Å²) in [6.07, 6.45) is 2.05. The van der Waals surface area contributed by atoms with Gasteiger partial charge in [-0.15, -0.1) is 0 Å². The predicted molar refractivity (Wildman–Crippen MR) is 103 cm³/mol. The van der Waals surface area contributed by atoms with Crippen LogP contribution in [0.25, 0.3) is 0 Å². The maximum Gasteiger partial charge on any atom is 0.311 e. The van der Waals surface area contributed by atoms with E-state index in [1.807, 2.05) is 0 Å². The molecule has 0 aliphatic heterocycles. The van der Waals surface area contributed by atoms with Crippen LogP contribution < -0.4 is 10.1 Å². The molecule has 8 heteroatoms. The third-order valence-electron chi connectivity index (χ3n) is 4.71. The molecule has 1 amide bonds. The normalized spacial score (nSPS) is 13.4. The van der Waals surface area contributed by atoms with Gasteiger partial charge in [-0.2, -0.15) is 0 Å². The number of methoxy groups -OCH3 is 1. The van der Waals surface area contributed by atoms with E-state index in [1.165, 1.54) is 31.4 Å². The maximum absolute atomic E-state index is 13.1. The number of nitrogens with zero attached hydrogens (tertiary/aromatic N) is 2. The van der Waals surface area contributed by atoms with E-state index in [2.05, 4.69) is 10.2 Å². The smallest absolute Gasteiger partial charge is 0.311 e. The Hall–Kier alpha value is -3.00. The second-order valence-electron chi connectivity index (χ2n) is 6.91. The number of hydrogen-bond donors (Lipinski definition) is 1. The van der Waals surface area contributed by atoms with E-state index in [-0.39, 0.29) is 29.7 Å². The van der Waals surface area contributed by atoms with Gasteiger partial charge in [0.1, 0.15) is 5.82 Å². The van der Waals surface area contributed by atoms with Crippen molar-refractivity contribution in [1.29, 1.82) is 0 Å². The van der Waals surface area contributed by atoms with E-state index in [1.54, 1.807) is 19.1 Å². The third kappa shape index (κ3) is 4.83. The van der Waals surface area contributed by atoms with Gasteiger partial charge in [-0.1, -0.05) is 12.1 Å². The van der Waals surface area contributed by atoms with Gasteiger partial charge in [0.2, 0.25) is 5.91 Å². The Morgan fingerprint density at radius 1 is 1.32 bits per heavy atom. The van der Waals surface area contributed by atoms with Crippen molar-refractivity contribution in [2.75, 3.05) is 19.0 Å². The number of aryl methyl sites for hydroxylation is 1. The minimum absolute atomic E-state index is 0.0938. The predicted octanol–water partition coefficient (Wildman–Crippen LogP) is 3.65. The first-order valence-electron chi connectivity index (χ1n) is 8.98. The molecule has 1 aliphatic carbocycles. The van der Waals surface area contributed by atoms with Crippen LogP contribution in [0.2, 0.25) is 0 Å². The van der Waals surface area contributed by atoms with Crippen molar-refractivity contribution in [1.82, 2.24) is 4.90 Å². The highest BCUT2D eigenvalue weighted by Crippen LogP contribution is 2.33. The van der Waals surface area contributed by atoms with Gasteiger partial charge in [-0.3, -0.25) is 19.8 Å². The van der Waals surface area contributed by atoms with Gasteiger partial charge in [0.25, 0.3) is 0 Å². The van der Waals surface area contributed by atoms with Crippen LogP contribution in [-0.4, -0.2) is 35.4 Å². The second kappa shape index (κ2) is 8.35. The zero-order chi connectivity index (χ0) is 20.3. The van der Waals surface area contributed by atoms with Crippen LogP contribution in [0.4, 0.5) is 15.8 Å². The quantitative estimate of drug-likeness (QED) is 0.552. The monoisotopic (exact) mass is 387 g/mol. The van der Waals surface area contributed by atoms with Crippen molar-refractivity contribution < 1.29 is 18.8 Å². The van der Waals surface area contributed by atoms with Crippen LogP contribution in [0.5, 0.6) is 5.75 Å². The first-order chi connectivity index (χ1) is 13.4. The molecule has 0 unspecified atom stereocenters. The molecule has 0 radical (unpaired) electrons. The lowest BCUT2D eigenvalue weighted by atomic mass is 10.1. The highest BCUT2D eigenvalue weighted by Gasteiger charge is 2.30. The number of hydrogen-bond acceptors (Lipinski definition) is 5. The molecule has 28 heavy (non-hydrogen) atoms. The molecular weight excluding hydrogens is 365 g/mol. The van der Waals surface area contributed by atoms with E-state index in [4.69, 9.17) is 4.74 Å². The van der Waals surface area contributed by atoms with E-state index >= 15 is 0 Å². The van der Waals surface area contributed by atoms with Crippen molar-refractivity contribution in [2.45, 2.75) is 32.4 Å². The number of nitro benzene ring substituents is 1. The summed E-state index contributed by atoms with van der Waals surface area (Å²) in [5.74, 6) is -0.411. The minimum atomic E-state index is -0.519. The Bertz CT molecular complexity index is 882. The maximum atomic E-state index is 13.1. The van der Waals surface area contributed by atoms with E-state index in [9.17, 15) is 19.3 Å². The summed E-state index contributed by atoms with van der Waals surface area (Å²) in [4.78, 5) is 25.2. The van der Waals surface area contributed by atoms with Crippen LogP contribution in [-0.2, 0) is 11.3 Å². The first-order valence-corrected chi connectivity index (χ1v) is 8.98. The number of anilines is 1. The van der Waals surface area contributed by atoms with E-state index in [0.29, 0.717) is 23.8 Å². The first kappa shape index (κ1) is 19.8. The van der Waals surface area contributed by atoms with Crippen LogP contribution in [0.15, 0.2) is 36.4 Å². The van der Waals surface area contributed by atoms with Crippen molar-refractivity contribution in [2.24, 2.45) is 0 Å². The Labute approximate surface area is 162 Å². The number of nitro groups is 1. The summed E-state index contributed by atoms with van der Waals surface area (Å²) < 4.78 is 18.2. The molecule has 0 heterocycles. The molecule has 0 bridgehead atoms. The molecule has 1 N–H and O–H groups in total. The summed E-state index contributed by atoms with van der Waals surface area (Å²) in [5, 5.41) is 13.9. The van der Waals surface area contributed by atoms with E-state index in [0.717, 1.165) is 18.4 Å². The number of nitrogens with one attached hydrogen (secondary N) is 1. The second-order valence-corrected chi connectivity index (χ2v) is 6.91. The van der Waals surface area contributed by atoms with Crippen LogP contribution in [0, 0.1) is 22.9 Å². The molecule has 7 nitrogen and oxygen atoms in total. The van der Waals surface area contributed by atoms with Crippen LogP contribution in [0.1, 0.15) is 24.0 Å². The Morgan fingerprint density at radius 3 is 2.57 bits per heavy atom. The summed E-state index contributed by atoms with van der Waals surface area (Å²) in [5.41, 5.74) is 1.85. The van der Waals surface area contributed by atoms with Crippen molar-refractivity contribution in [3.05, 3.63) is 63.5 Å². The Kier molecular flexibility index (Phi) is 5.89. The summed E-state index contributed by atoms with van der Waals surface area (Å²) in [7, 11) is 1.35. The standard InChI is InChI=1S/C20H22FN3O4/c1-13-9-18(24(26)27)19(28-2)10-17(13)22-20(25)12-23(16-7-8-16)11-14-3-5-15(21)6-4-14/h3-6,9-10,16H,7-8,11-12H2,1-2H3,(H,22,25). The molecule has 0 atom stereocenters. The highest BCUT2D eigenvalue weighted by molar-refractivity contribution is 5.93. The van der Waals surface area contributed by atoms with Crippen molar-refractivity contribution >= 4 is 17.3 Å². The van der Waals surface area contributed by atoms with Crippen LogP contribution in [0.3, 0.4) is 0 Å². The number of carbonyl (C=O) groups excluding carboxylic acids is 1. The Balaban J connectivity index is 1.69. The summed E-state index contributed by atoms with van der Waals surface area (Å²) in [6, 6.07) is 9.43. The number of ether oxygens (including phenoxy) is 1. The zero-order valence-electron chi connectivity index (χ0n) is 15.8. The van der Waals surface area contributed by atoms with Gasteiger partial charge in [-0.25, -0.2) is 4.39 Å². The van der Waals surface area contributed by atoms with Crippen molar-refractivity contribution in [3.8, 4) is 5.75 Å². The molecule has 2 aromatic rings. The fourth-order valence-corrected chi connectivity index (χ4v) is 3.07. The SMILES string of the molecule is COc1cc(NC(=O)CN(Cc2ccc(F)cc2)C2CC2)c(C)cc1[N+](=O)[O-]. The minimum Gasteiger partial charge on any atom is -0.490 e. The Morgan fingerprint density at radius 2 is 2.00 bits per heavy atom. The number of carbonyl (C=O) groups is 1. The third-order valence-corrected chi connectivity index (χ3v) is 4.71. The average Bonchev–Trinajstić information content (AvgIpc) is 3.49. The lowest BCUT2D eigenvalue weighted by Gasteiger charge is -2.22. The number of amides is 1. The van der Waals surface area contributed by atoms with Crippen molar-refractivity contribution in [3.63, 3.8) is 0 Å². The molecule has 1 aliphatic rings. The molecular formula is C20H22FN3O4. The molecule has 0 aromatic heterocycles. The molecule has 1 fully saturated rings.